The van der Waals surface area contributed by atoms with Crippen LogP contribution >= 0.6 is 0 Å². The van der Waals surface area contributed by atoms with E-state index in [1.807, 2.05) is 6.92 Å². The second-order valence-electron chi connectivity index (χ2n) is 4.17. The number of carbonyl (C=O) groups is 1. The molecule has 1 aromatic carbocycles. The zero-order chi connectivity index (χ0) is 14.7. The smallest absolute Gasteiger partial charge is 0.292 e. The van der Waals surface area contributed by atoms with Gasteiger partial charge in [-0.1, -0.05) is 6.07 Å². The number of aromatic nitrogens is 1. The van der Waals surface area contributed by atoms with Crippen molar-refractivity contribution in [3.05, 3.63) is 57.8 Å². The number of para-hydroxylation sites is 1. The first kappa shape index (κ1) is 13.5. The molecular formula is C13H12N4O3. The highest BCUT2D eigenvalue weighted by atomic mass is 16.6. The Labute approximate surface area is 114 Å². The second-order valence-corrected chi connectivity index (χ2v) is 4.17. The Balaban J connectivity index is 2.30. The third kappa shape index (κ3) is 2.72. The fourth-order valence-electron chi connectivity index (χ4n) is 1.70. The molecular weight excluding hydrogens is 260 g/mol. The van der Waals surface area contributed by atoms with E-state index in [9.17, 15) is 14.9 Å². The number of pyridine rings is 1. The number of rotatable bonds is 3. The Morgan fingerprint density at radius 1 is 1.40 bits per heavy atom. The lowest BCUT2D eigenvalue weighted by Crippen LogP contribution is -2.15. The van der Waals surface area contributed by atoms with Crippen LogP contribution in [0.5, 0.6) is 0 Å². The topological polar surface area (TPSA) is 111 Å². The van der Waals surface area contributed by atoms with Gasteiger partial charge in [0.15, 0.2) is 0 Å². The number of nitro groups is 1. The summed E-state index contributed by atoms with van der Waals surface area (Å²) in [5.41, 5.74) is 6.16. The predicted octanol–water partition coefficient (Wildman–Crippen LogP) is 2.13. The Kier molecular flexibility index (Phi) is 3.60. The van der Waals surface area contributed by atoms with Crippen molar-refractivity contribution in [1.29, 1.82) is 0 Å². The first-order chi connectivity index (χ1) is 9.49. The average Bonchev–Trinajstić information content (AvgIpc) is 2.38. The summed E-state index contributed by atoms with van der Waals surface area (Å²) in [6.45, 7) is 1.86. The maximum Gasteiger partial charge on any atom is 0.292 e. The van der Waals surface area contributed by atoms with Crippen molar-refractivity contribution < 1.29 is 9.72 Å². The SMILES string of the molecule is Cc1ccnc(NC(=O)c2cccc([N+](=O)[O-])c2N)c1. The molecule has 7 nitrogen and oxygen atoms in total. The van der Waals surface area contributed by atoms with Crippen LogP contribution in [0.2, 0.25) is 0 Å². The van der Waals surface area contributed by atoms with Crippen LogP contribution in [-0.2, 0) is 0 Å². The summed E-state index contributed by atoms with van der Waals surface area (Å²) in [6.07, 6.45) is 1.56. The first-order valence-electron chi connectivity index (χ1n) is 5.76. The molecule has 2 rings (SSSR count). The minimum Gasteiger partial charge on any atom is -0.393 e. The molecule has 0 spiro atoms. The van der Waals surface area contributed by atoms with Gasteiger partial charge in [-0.15, -0.1) is 0 Å². The molecule has 0 fully saturated rings. The quantitative estimate of drug-likeness (QED) is 0.505. The molecule has 102 valence electrons. The van der Waals surface area contributed by atoms with Gasteiger partial charge in [0.1, 0.15) is 11.5 Å². The van der Waals surface area contributed by atoms with Crippen molar-refractivity contribution in [2.75, 3.05) is 11.1 Å². The van der Waals surface area contributed by atoms with E-state index in [1.54, 1.807) is 18.3 Å². The summed E-state index contributed by atoms with van der Waals surface area (Å²) < 4.78 is 0. The van der Waals surface area contributed by atoms with Crippen LogP contribution in [0, 0.1) is 17.0 Å². The van der Waals surface area contributed by atoms with Crippen LogP contribution in [0.4, 0.5) is 17.2 Å². The molecule has 0 aliphatic heterocycles. The van der Waals surface area contributed by atoms with E-state index in [2.05, 4.69) is 10.3 Å². The molecule has 3 N–H and O–H groups in total. The molecule has 1 amide bonds. The van der Waals surface area contributed by atoms with Crippen LogP contribution in [0.15, 0.2) is 36.5 Å². The van der Waals surface area contributed by atoms with Crippen LogP contribution in [0.25, 0.3) is 0 Å². The molecule has 7 heteroatoms. The van der Waals surface area contributed by atoms with Gasteiger partial charge >= 0.3 is 0 Å². The molecule has 1 heterocycles. The van der Waals surface area contributed by atoms with Crippen molar-refractivity contribution in [2.45, 2.75) is 6.92 Å². The van der Waals surface area contributed by atoms with Gasteiger partial charge in [-0.05, 0) is 30.7 Å². The number of amides is 1. The Morgan fingerprint density at radius 3 is 2.80 bits per heavy atom. The largest absolute Gasteiger partial charge is 0.393 e. The molecule has 2 aromatic rings. The molecule has 0 unspecified atom stereocenters. The number of nitrogens with zero attached hydrogens (tertiary/aromatic N) is 2. The van der Waals surface area contributed by atoms with Crippen molar-refractivity contribution in [2.24, 2.45) is 0 Å². The average molecular weight is 272 g/mol. The Hall–Kier alpha value is -2.96. The lowest BCUT2D eigenvalue weighted by Gasteiger charge is -2.07. The molecule has 1 aromatic heterocycles. The summed E-state index contributed by atoms with van der Waals surface area (Å²) in [5.74, 6) is -0.176. The molecule has 0 radical (unpaired) electrons. The number of nitro benzene ring substituents is 1. The minimum atomic E-state index is -0.628. The number of hydrogen-bond donors (Lipinski definition) is 2. The second kappa shape index (κ2) is 5.35. The van der Waals surface area contributed by atoms with E-state index in [0.29, 0.717) is 5.82 Å². The third-order valence-electron chi connectivity index (χ3n) is 2.68. The van der Waals surface area contributed by atoms with Crippen molar-refractivity contribution >= 4 is 23.1 Å². The van der Waals surface area contributed by atoms with Gasteiger partial charge in [0, 0.05) is 12.3 Å². The number of aryl methyl sites for hydroxylation is 1. The minimum absolute atomic E-state index is 0.0440. The van der Waals surface area contributed by atoms with Gasteiger partial charge in [0.2, 0.25) is 0 Å². The molecule has 0 aliphatic carbocycles. The van der Waals surface area contributed by atoms with Crippen molar-refractivity contribution in [3.63, 3.8) is 0 Å². The normalized spacial score (nSPS) is 10.1. The molecule has 0 atom stereocenters. The number of hydrogen-bond acceptors (Lipinski definition) is 5. The lowest BCUT2D eigenvalue weighted by molar-refractivity contribution is -0.383. The van der Waals surface area contributed by atoms with E-state index >= 15 is 0 Å². The summed E-state index contributed by atoms with van der Waals surface area (Å²) in [7, 11) is 0. The number of benzene rings is 1. The molecule has 0 saturated carbocycles. The summed E-state index contributed by atoms with van der Waals surface area (Å²) in [5, 5.41) is 13.3. The number of nitrogens with one attached hydrogen (secondary N) is 1. The van der Waals surface area contributed by atoms with Gasteiger partial charge in [0.05, 0.1) is 10.5 Å². The highest BCUT2D eigenvalue weighted by Gasteiger charge is 2.19. The van der Waals surface area contributed by atoms with Gasteiger partial charge in [-0.25, -0.2) is 4.98 Å². The summed E-state index contributed by atoms with van der Waals surface area (Å²) in [6, 6.07) is 7.56. The van der Waals surface area contributed by atoms with E-state index in [-0.39, 0.29) is 16.9 Å². The van der Waals surface area contributed by atoms with E-state index in [0.717, 1.165) is 5.56 Å². The Bertz CT molecular complexity index is 685. The van der Waals surface area contributed by atoms with Gasteiger partial charge < -0.3 is 11.1 Å². The first-order valence-corrected chi connectivity index (χ1v) is 5.76. The molecule has 20 heavy (non-hydrogen) atoms. The van der Waals surface area contributed by atoms with Crippen molar-refractivity contribution in [1.82, 2.24) is 4.98 Å². The predicted molar refractivity (Wildman–Crippen MR) is 74.4 cm³/mol. The summed E-state index contributed by atoms with van der Waals surface area (Å²) >= 11 is 0. The Morgan fingerprint density at radius 2 is 2.15 bits per heavy atom. The van der Waals surface area contributed by atoms with Gasteiger partial charge in [0.25, 0.3) is 11.6 Å². The van der Waals surface area contributed by atoms with E-state index < -0.39 is 10.8 Å². The molecule has 0 saturated heterocycles. The lowest BCUT2D eigenvalue weighted by atomic mass is 10.1. The fraction of sp³-hybridized carbons (Fsp3) is 0.0769. The third-order valence-corrected chi connectivity index (χ3v) is 2.68. The maximum atomic E-state index is 12.1. The number of nitrogens with two attached hydrogens (primary N) is 1. The van der Waals surface area contributed by atoms with Crippen LogP contribution in [0.3, 0.4) is 0 Å². The standard InChI is InChI=1S/C13H12N4O3/c1-8-5-6-15-11(7-8)16-13(18)9-3-2-4-10(12(9)14)17(19)20/h2-7H,14H2,1H3,(H,15,16,18). The number of anilines is 2. The highest BCUT2D eigenvalue weighted by Crippen LogP contribution is 2.25. The van der Waals surface area contributed by atoms with Crippen molar-refractivity contribution in [3.8, 4) is 0 Å². The number of carbonyl (C=O) groups excluding carboxylic acids is 1. The fourth-order valence-corrected chi connectivity index (χ4v) is 1.70. The van der Waals surface area contributed by atoms with Gasteiger partial charge in [-0.2, -0.15) is 0 Å². The van der Waals surface area contributed by atoms with Crippen LogP contribution < -0.4 is 11.1 Å². The molecule has 0 bridgehead atoms. The van der Waals surface area contributed by atoms with E-state index in [4.69, 9.17) is 5.73 Å². The molecule has 0 aliphatic rings. The van der Waals surface area contributed by atoms with Crippen LogP contribution in [0.1, 0.15) is 15.9 Å². The zero-order valence-electron chi connectivity index (χ0n) is 10.7. The maximum absolute atomic E-state index is 12.1. The number of nitrogen functional groups attached to an aromatic ring is 1. The summed E-state index contributed by atoms with van der Waals surface area (Å²) in [4.78, 5) is 26.2. The van der Waals surface area contributed by atoms with Crippen LogP contribution in [-0.4, -0.2) is 15.8 Å². The van der Waals surface area contributed by atoms with Gasteiger partial charge in [-0.3, -0.25) is 14.9 Å². The van der Waals surface area contributed by atoms with E-state index in [1.165, 1.54) is 18.2 Å². The zero-order valence-corrected chi connectivity index (χ0v) is 10.7. The monoisotopic (exact) mass is 272 g/mol. The highest BCUT2D eigenvalue weighted by molar-refractivity contribution is 6.08.